The molecular weight excluding hydrogens is 305 g/mol. The molecule has 0 aromatic heterocycles. The van der Waals surface area contributed by atoms with Crippen molar-refractivity contribution < 1.29 is 4.39 Å². The molecule has 0 spiro atoms. The van der Waals surface area contributed by atoms with Crippen LogP contribution in [0, 0.1) is 12.7 Å². The standard InChI is InChI=1S/C16H17BrFN/c1-3-16(12-5-4-6-13(18)9-12)19-14-8-7-11(2)15(17)10-14/h4-10,16,19H,3H2,1-2H3. The SMILES string of the molecule is CCC(Nc1ccc(C)c(Br)c1)c1cccc(F)c1. The lowest BCUT2D eigenvalue weighted by molar-refractivity contribution is 0.621. The molecule has 0 aliphatic heterocycles. The second-order valence-electron chi connectivity index (χ2n) is 4.62. The van der Waals surface area contributed by atoms with Gasteiger partial charge in [0.2, 0.25) is 0 Å². The Bertz CT molecular complexity index is 568. The summed E-state index contributed by atoms with van der Waals surface area (Å²) in [5.74, 6) is -0.192. The molecule has 100 valence electrons. The molecule has 0 heterocycles. The van der Waals surface area contributed by atoms with Crippen molar-refractivity contribution in [2.45, 2.75) is 26.3 Å². The molecular formula is C16H17BrFN. The van der Waals surface area contributed by atoms with Gasteiger partial charge in [-0.15, -0.1) is 0 Å². The van der Waals surface area contributed by atoms with Gasteiger partial charge in [0.05, 0.1) is 6.04 Å². The number of nitrogens with one attached hydrogen (secondary N) is 1. The maximum Gasteiger partial charge on any atom is 0.123 e. The number of benzene rings is 2. The molecule has 2 rings (SSSR count). The van der Waals surface area contributed by atoms with Crippen LogP contribution in [0.5, 0.6) is 0 Å². The molecule has 0 aliphatic rings. The molecule has 1 nitrogen and oxygen atoms in total. The smallest absolute Gasteiger partial charge is 0.123 e. The van der Waals surface area contributed by atoms with Crippen LogP contribution >= 0.6 is 15.9 Å². The summed E-state index contributed by atoms with van der Waals surface area (Å²) in [6.07, 6.45) is 0.898. The quantitative estimate of drug-likeness (QED) is 0.788. The molecule has 2 aromatic rings. The van der Waals surface area contributed by atoms with Gasteiger partial charge in [0.1, 0.15) is 5.82 Å². The number of hydrogen-bond acceptors (Lipinski definition) is 1. The van der Waals surface area contributed by atoms with Gasteiger partial charge in [0, 0.05) is 10.2 Å². The minimum absolute atomic E-state index is 0.116. The molecule has 1 unspecified atom stereocenters. The number of rotatable bonds is 4. The van der Waals surface area contributed by atoms with Crippen molar-refractivity contribution in [3.05, 3.63) is 63.9 Å². The van der Waals surface area contributed by atoms with Crippen LogP contribution < -0.4 is 5.32 Å². The maximum absolute atomic E-state index is 13.3. The molecule has 0 bridgehead atoms. The Morgan fingerprint density at radius 2 is 2.00 bits per heavy atom. The van der Waals surface area contributed by atoms with Gasteiger partial charge in [-0.1, -0.05) is 41.1 Å². The van der Waals surface area contributed by atoms with Crippen molar-refractivity contribution in [2.24, 2.45) is 0 Å². The van der Waals surface area contributed by atoms with E-state index in [1.807, 2.05) is 12.1 Å². The van der Waals surface area contributed by atoms with Gasteiger partial charge in [-0.2, -0.15) is 0 Å². The molecule has 0 saturated heterocycles. The van der Waals surface area contributed by atoms with Crippen LogP contribution in [0.25, 0.3) is 0 Å². The molecule has 0 amide bonds. The first kappa shape index (κ1) is 14.1. The van der Waals surface area contributed by atoms with E-state index in [0.717, 1.165) is 22.1 Å². The van der Waals surface area contributed by atoms with Crippen LogP contribution in [0.2, 0.25) is 0 Å². The van der Waals surface area contributed by atoms with E-state index < -0.39 is 0 Å². The Morgan fingerprint density at radius 3 is 2.63 bits per heavy atom. The number of halogens is 2. The first-order chi connectivity index (χ1) is 9.10. The zero-order valence-electron chi connectivity index (χ0n) is 11.1. The fourth-order valence-electron chi connectivity index (χ4n) is 2.03. The summed E-state index contributed by atoms with van der Waals surface area (Å²) in [7, 11) is 0. The van der Waals surface area contributed by atoms with Gasteiger partial charge in [-0.3, -0.25) is 0 Å². The summed E-state index contributed by atoms with van der Waals surface area (Å²) < 4.78 is 14.4. The van der Waals surface area contributed by atoms with E-state index in [1.165, 1.54) is 11.6 Å². The van der Waals surface area contributed by atoms with E-state index in [0.29, 0.717) is 0 Å². The average molecular weight is 322 g/mol. The van der Waals surface area contributed by atoms with E-state index in [9.17, 15) is 4.39 Å². The van der Waals surface area contributed by atoms with Crippen LogP contribution in [-0.2, 0) is 0 Å². The molecule has 3 heteroatoms. The third kappa shape index (κ3) is 3.57. The second-order valence-corrected chi connectivity index (χ2v) is 5.48. The first-order valence-corrected chi connectivity index (χ1v) is 7.17. The highest BCUT2D eigenvalue weighted by atomic mass is 79.9. The van der Waals surface area contributed by atoms with E-state index in [1.54, 1.807) is 12.1 Å². The highest BCUT2D eigenvalue weighted by Crippen LogP contribution is 2.26. The van der Waals surface area contributed by atoms with E-state index >= 15 is 0 Å². The lowest BCUT2D eigenvalue weighted by Gasteiger charge is -2.19. The number of hydrogen-bond donors (Lipinski definition) is 1. The van der Waals surface area contributed by atoms with Crippen molar-refractivity contribution in [2.75, 3.05) is 5.32 Å². The summed E-state index contributed by atoms with van der Waals surface area (Å²) in [6.45, 7) is 4.14. The van der Waals surface area contributed by atoms with Gasteiger partial charge in [-0.05, 0) is 48.7 Å². The third-order valence-electron chi connectivity index (χ3n) is 3.17. The highest BCUT2D eigenvalue weighted by molar-refractivity contribution is 9.10. The molecule has 1 N–H and O–H groups in total. The fraction of sp³-hybridized carbons (Fsp3) is 0.250. The Balaban J connectivity index is 2.21. The normalized spacial score (nSPS) is 12.2. The van der Waals surface area contributed by atoms with Gasteiger partial charge >= 0.3 is 0 Å². The van der Waals surface area contributed by atoms with Crippen molar-refractivity contribution in [1.82, 2.24) is 0 Å². The van der Waals surface area contributed by atoms with Crippen molar-refractivity contribution >= 4 is 21.6 Å². The maximum atomic E-state index is 13.3. The Kier molecular flexibility index (Phi) is 4.59. The third-order valence-corrected chi connectivity index (χ3v) is 4.03. The lowest BCUT2D eigenvalue weighted by atomic mass is 10.0. The predicted octanol–water partition coefficient (Wildman–Crippen LogP) is 5.46. The van der Waals surface area contributed by atoms with Crippen molar-refractivity contribution in [3.63, 3.8) is 0 Å². The molecule has 19 heavy (non-hydrogen) atoms. The van der Waals surface area contributed by atoms with Crippen LogP contribution in [0.1, 0.15) is 30.5 Å². The topological polar surface area (TPSA) is 12.0 Å². The fourth-order valence-corrected chi connectivity index (χ4v) is 2.41. The zero-order valence-corrected chi connectivity index (χ0v) is 12.7. The van der Waals surface area contributed by atoms with Gasteiger partial charge in [0.25, 0.3) is 0 Å². The van der Waals surface area contributed by atoms with Crippen LogP contribution in [0.3, 0.4) is 0 Å². The monoisotopic (exact) mass is 321 g/mol. The van der Waals surface area contributed by atoms with E-state index in [4.69, 9.17) is 0 Å². The summed E-state index contributed by atoms with van der Waals surface area (Å²) in [5, 5.41) is 3.44. The average Bonchev–Trinajstić information content (AvgIpc) is 2.40. The predicted molar refractivity (Wildman–Crippen MR) is 81.9 cm³/mol. The molecule has 0 radical (unpaired) electrons. The molecule has 0 aliphatic carbocycles. The Hall–Kier alpha value is -1.35. The van der Waals surface area contributed by atoms with Gasteiger partial charge in [-0.25, -0.2) is 4.39 Å². The van der Waals surface area contributed by atoms with E-state index in [2.05, 4.69) is 47.2 Å². The minimum atomic E-state index is -0.192. The largest absolute Gasteiger partial charge is 0.378 e. The van der Waals surface area contributed by atoms with Crippen LogP contribution in [0.4, 0.5) is 10.1 Å². The van der Waals surface area contributed by atoms with Crippen molar-refractivity contribution in [3.8, 4) is 0 Å². The summed E-state index contributed by atoms with van der Waals surface area (Å²) in [5.41, 5.74) is 3.21. The van der Waals surface area contributed by atoms with Gasteiger partial charge in [0.15, 0.2) is 0 Å². The highest BCUT2D eigenvalue weighted by Gasteiger charge is 2.10. The van der Waals surface area contributed by atoms with E-state index in [-0.39, 0.29) is 11.9 Å². The molecule has 0 saturated carbocycles. The zero-order chi connectivity index (χ0) is 13.8. The summed E-state index contributed by atoms with van der Waals surface area (Å²) in [4.78, 5) is 0. The molecule has 2 aromatic carbocycles. The summed E-state index contributed by atoms with van der Waals surface area (Å²) in [6, 6.07) is 13.0. The number of aryl methyl sites for hydroxylation is 1. The van der Waals surface area contributed by atoms with Gasteiger partial charge < -0.3 is 5.32 Å². The van der Waals surface area contributed by atoms with Crippen LogP contribution in [-0.4, -0.2) is 0 Å². The molecule has 0 fully saturated rings. The summed E-state index contributed by atoms with van der Waals surface area (Å²) >= 11 is 3.53. The minimum Gasteiger partial charge on any atom is -0.378 e. The number of anilines is 1. The molecule has 1 atom stereocenters. The van der Waals surface area contributed by atoms with Crippen molar-refractivity contribution in [1.29, 1.82) is 0 Å². The lowest BCUT2D eigenvalue weighted by Crippen LogP contribution is -2.09. The first-order valence-electron chi connectivity index (χ1n) is 6.38. The second kappa shape index (κ2) is 6.20. The Morgan fingerprint density at radius 1 is 1.21 bits per heavy atom. The Labute approximate surface area is 122 Å². The van der Waals surface area contributed by atoms with Crippen LogP contribution in [0.15, 0.2) is 46.9 Å².